The largest absolute Gasteiger partial charge is 0.443 e. The van der Waals surface area contributed by atoms with Crippen LogP contribution in [0.3, 0.4) is 0 Å². The molecule has 7 heteroatoms. The lowest BCUT2D eigenvalue weighted by Gasteiger charge is -2.37. The molecule has 0 saturated carbocycles. The van der Waals surface area contributed by atoms with Crippen LogP contribution in [0.5, 0.6) is 0 Å². The first-order valence-corrected chi connectivity index (χ1v) is 9.86. The number of hydrogen-bond acceptors (Lipinski definition) is 4. The molecule has 0 atom stereocenters. The van der Waals surface area contributed by atoms with Crippen LogP contribution >= 0.6 is 0 Å². The minimum atomic E-state index is -0.204. The Kier molecular flexibility index (Phi) is 6.21. The van der Waals surface area contributed by atoms with E-state index in [1.807, 2.05) is 12.1 Å². The van der Waals surface area contributed by atoms with Crippen LogP contribution in [-0.2, 0) is 12.0 Å². The van der Waals surface area contributed by atoms with Crippen LogP contribution in [0, 0.1) is 5.82 Å². The van der Waals surface area contributed by atoms with Gasteiger partial charge < -0.3 is 19.5 Å². The van der Waals surface area contributed by atoms with Gasteiger partial charge in [0.2, 0.25) is 5.89 Å². The number of nitrogens with one attached hydrogen (secondary N) is 1. The zero-order valence-corrected chi connectivity index (χ0v) is 17.2. The number of piperazine rings is 1. The van der Waals surface area contributed by atoms with E-state index < -0.39 is 0 Å². The van der Waals surface area contributed by atoms with Crippen molar-refractivity contribution in [2.45, 2.75) is 39.7 Å². The average molecular weight is 388 g/mol. The summed E-state index contributed by atoms with van der Waals surface area (Å²) >= 11 is 0. The Morgan fingerprint density at radius 3 is 2.43 bits per heavy atom. The molecule has 0 bridgehead atoms. The number of halogens is 1. The quantitative estimate of drug-likeness (QED) is 0.644. The molecule has 0 aliphatic carbocycles. The first kappa shape index (κ1) is 20.2. The molecule has 2 heterocycles. The maximum absolute atomic E-state index is 13.1. The lowest BCUT2D eigenvalue weighted by atomic mass is 9.94. The number of hydrogen-bond donors (Lipinski definition) is 1. The maximum Gasteiger partial charge on any atom is 0.216 e. The summed E-state index contributed by atoms with van der Waals surface area (Å²) in [6, 6.07) is 6.68. The van der Waals surface area contributed by atoms with Crippen molar-refractivity contribution in [1.29, 1.82) is 0 Å². The van der Waals surface area contributed by atoms with Crippen molar-refractivity contribution < 1.29 is 8.81 Å². The number of anilines is 1. The van der Waals surface area contributed by atoms with Crippen LogP contribution < -0.4 is 10.2 Å². The van der Waals surface area contributed by atoms with Gasteiger partial charge in [-0.05, 0) is 31.2 Å². The molecule has 1 aliphatic rings. The second-order valence-electron chi connectivity index (χ2n) is 7.99. The summed E-state index contributed by atoms with van der Waals surface area (Å²) in [4.78, 5) is 13.6. The molecular formula is C21H30FN5O. The molecule has 2 aromatic rings. The molecular weight excluding hydrogens is 357 g/mol. The molecule has 3 rings (SSSR count). The van der Waals surface area contributed by atoms with Gasteiger partial charge in [0.05, 0.1) is 6.20 Å². The summed E-state index contributed by atoms with van der Waals surface area (Å²) in [5.74, 6) is 2.17. The molecule has 0 radical (unpaired) electrons. The Labute approximate surface area is 166 Å². The third-order valence-corrected chi connectivity index (χ3v) is 4.76. The molecule has 0 unspecified atom stereocenters. The molecule has 1 aliphatic heterocycles. The van der Waals surface area contributed by atoms with Crippen LogP contribution in [0.2, 0.25) is 0 Å². The smallest absolute Gasteiger partial charge is 0.216 e. The highest BCUT2D eigenvalue weighted by molar-refractivity contribution is 5.80. The fourth-order valence-corrected chi connectivity index (χ4v) is 3.13. The van der Waals surface area contributed by atoms with Crippen molar-refractivity contribution in [2.24, 2.45) is 4.99 Å². The van der Waals surface area contributed by atoms with Gasteiger partial charge in [0.25, 0.3) is 0 Å². The summed E-state index contributed by atoms with van der Waals surface area (Å²) in [5.41, 5.74) is 0.994. The second-order valence-corrected chi connectivity index (χ2v) is 7.99. The van der Waals surface area contributed by atoms with Crippen molar-refractivity contribution in [1.82, 2.24) is 15.2 Å². The number of nitrogens with zero attached hydrogens (tertiary/aromatic N) is 4. The third-order valence-electron chi connectivity index (χ3n) is 4.76. The van der Waals surface area contributed by atoms with Gasteiger partial charge in [-0.15, -0.1) is 0 Å². The van der Waals surface area contributed by atoms with E-state index in [1.54, 1.807) is 6.20 Å². The Balaban J connectivity index is 1.62. The zero-order chi connectivity index (χ0) is 20.1. The zero-order valence-electron chi connectivity index (χ0n) is 17.2. The summed E-state index contributed by atoms with van der Waals surface area (Å²) in [5, 5.41) is 3.36. The van der Waals surface area contributed by atoms with Gasteiger partial charge in [0, 0.05) is 43.8 Å². The molecule has 1 saturated heterocycles. The minimum Gasteiger partial charge on any atom is -0.443 e. The highest BCUT2D eigenvalue weighted by atomic mass is 19.1. The first-order valence-electron chi connectivity index (χ1n) is 9.86. The van der Waals surface area contributed by atoms with E-state index in [0.717, 1.165) is 50.1 Å². The molecule has 1 aromatic carbocycles. The first-order chi connectivity index (χ1) is 13.4. The fraction of sp³-hybridized carbons (Fsp3) is 0.524. The monoisotopic (exact) mass is 387 g/mol. The Hall–Kier alpha value is -2.57. The number of aromatic nitrogens is 1. The van der Waals surface area contributed by atoms with Gasteiger partial charge in [-0.25, -0.2) is 14.4 Å². The highest BCUT2D eigenvalue weighted by Crippen LogP contribution is 2.23. The molecule has 1 aromatic heterocycles. The van der Waals surface area contributed by atoms with Gasteiger partial charge in [-0.2, -0.15) is 0 Å². The Bertz CT molecular complexity index is 786. The summed E-state index contributed by atoms with van der Waals surface area (Å²) in [6.07, 6.45) is 1.79. The SMILES string of the molecule is CCNC(=NCc1ncc(C(C)(C)C)o1)N1CCN(c2ccc(F)cc2)CC1. The van der Waals surface area contributed by atoms with E-state index in [2.05, 4.69) is 47.8 Å². The summed E-state index contributed by atoms with van der Waals surface area (Å²) in [7, 11) is 0. The average Bonchev–Trinajstić information content (AvgIpc) is 3.15. The fourth-order valence-electron chi connectivity index (χ4n) is 3.13. The molecule has 152 valence electrons. The van der Waals surface area contributed by atoms with Gasteiger partial charge >= 0.3 is 0 Å². The van der Waals surface area contributed by atoms with Crippen LogP contribution in [-0.4, -0.2) is 48.6 Å². The van der Waals surface area contributed by atoms with E-state index in [1.165, 1.54) is 12.1 Å². The number of aliphatic imine (C=N–C) groups is 1. The van der Waals surface area contributed by atoms with E-state index >= 15 is 0 Å². The van der Waals surface area contributed by atoms with E-state index in [-0.39, 0.29) is 11.2 Å². The van der Waals surface area contributed by atoms with Gasteiger partial charge in [-0.3, -0.25) is 0 Å². The molecule has 1 fully saturated rings. The molecule has 6 nitrogen and oxygen atoms in total. The number of guanidine groups is 1. The molecule has 28 heavy (non-hydrogen) atoms. The van der Waals surface area contributed by atoms with Crippen molar-refractivity contribution in [3.8, 4) is 0 Å². The summed E-state index contributed by atoms with van der Waals surface area (Å²) in [6.45, 7) is 13.0. The standard InChI is InChI=1S/C21H30FN5O/c1-5-23-20(25-15-19-24-14-18(28-19)21(2,3)4)27-12-10-26(11-13-27)17-8-6-16(22)7-9-17/h6-9,14H,5,10-13,15H2,1-4H3,(H,23,25). The van der Waals surface area contributed by atoms with Crippen LogP contribution in [0.25, 0.3) is 0 Å². The maximum atomic E-state index is 13.1. The van der Waals surface area contributed by atoms with E-state index in [9.17, 15) is 4.39 Å². The molecule has 0 amide bonds. The topological polar surface area (TPSA) is 56.9 Å². The van der Waals surface area contributed by atoms with Crippen molar-refractivity contribution >= 4 is 11.6 Å². The van der Waals surface area contributed by atoms with Gasteiger partial charge in [0.15, 0.2) is 5.96 Å². The third kappa shape index (κ3) is 5.03. The summed E-state index contributed by atoms with van der Waals surface area (Å²) < 4.78 is 19.0. The lowest BCUT2D eigenvalue weighted by Crippen LogP contribution is -2.52. The van der Waals surface area contributed by atoms with Crippen LogP contribution in [0.1, 0.15) is 39.3 Å². The van der Waals surface area contributed by atoms with Crippen LogP contribution in [0.4, 0.5) is 10.1 Å². The molecule has 1 N–H and O–H groups in total. The van der Waals surface area contributed by atoms with Crippen molar-refractivity contribution in [2.75, 3.05) is 37.6 Å². The highest BCUT2D eigenvalue weighted by Gasteiger charge is 2.21. The lowest BCUT2D eigenvalue weighted by molar-refractivity contribution is 0.367. The van der Waals surface area contributed by atoms with E-state index in [4.69, 9.17) is 9.41 Å². The number of benzene rings is 1. The second kappa shape index (κ2) is 8.63. The van der Waals surface area contributed by atoms with Gasteiger partial charge in [-0.1, -0.05) is 20.8 Å². The Morgan fingerprint density at radius 1 is 1.18 bits per heavy atom. The number of oxazole rings is 1. The van der Waals surface area contributed by atoms with E-state index in [0.29, 0.717) is 12.4 Å². The predicted molar refractivity (Wildman–Crippen MR) is 110 cm³/mol. The molecule has 0 spiro atoms. The van der Waals surface area contributed by atoms with Gasteiger partial charge in [0.1, 0.15) is 18.1 Å². The predicted octanol–water partition coefficient (Wildman–Crippen LogP) is 3.40. The van der Waals surface area contributed by atoms with Crippen molar-refractivity contribution in [3.63, 3.8) is 0 Å². The van der Waals surface area contributed by atoms with Crippen molar-refractivity contribution in [3.05, 3.63) is 47.9 Å². The minimum absolute atomic E-state index is 0.0594. The normalized spacial score (nSPS) is 15.8. The number of rotatable bonds is 4. The van der Waals surface area contributed by atoms with Crippen LogP contribution in [0.15, 0.2) is 39.9 Å². The Morgan fingerprint density at radius 2 is 1.86 bits per heavy atom.